The van der Waals surface area contributed by atoms with Crippen LogP contribution in [0.1, 0.15) is 17.0 Å². The fraction of sp³-hybridized carbons (Fsp3) is 0. The molecular formula is C18H9N3O2S2. The molecule has 4 rings (SSSR count). The second-order valence-electron chi connectivity index (χ2n) is 5.07. The number of nitrogens with one attached hydrogen (secondary N) is 1. The molecule has 0 atom stereocenters. The van der Waals surface area contributed by atoms with Crippen LogP contribution < -0.4 is 5.32 Å². The SMILES string of the molecule is O=C1NC(=S)S/C1=C/c1cc2cncc(C#Cc3ccccn3)c2o1. The first kappa shape index (κ1) is 15.6. The molecule has 0 radical (unpaired) electrons. The van der Waals surface area contributed by atoms with E-state index in [-0.39, 0.29) is 5.91 Å². The van der Waals surface area contributed by atoms with Crippen LogP contribution in [0.3, 0.4) is 0 Å². The van der Waals surface area contributed by atoms with Crippen molar-refractivity contribution in [2.75, 3.05) is 0 Å². The highest BCUT2D eigenvalue weighted by molar-refractivity contribution is 8.26. The number of thioether (sulfide) groups is 1. The maximum Gasteiger partial charge on any atom is 0.263 e. The van der Waals surface area contributed by atoms with E-state index < -0.39 is 0 Å². The molecule has 25 heavy (non-hydrogen) atoms. The number of hydrogen-bond donors (Lipinski definition) is 1. The molecule has 0 aromatic carbocycles. The third-order valence-electron chi connectivity index (χ3n) is 3.35. The van der Waals surface area contributed by atoms with Crippen LogP contribution >= 0.6 is 24.0 Å². The first-order valence-corrected chi connectivity index (χ1v) is 8.47. The lowest BCUT2D eigenvalue weighted by Crippen LogP contribution is -2.17. The van der Waals surface area contributed by atoms with E-state index in [0.29, 0.717) is 31.8 Å². The van der Waals surface area contributed by atoms with Gasteiger partial charge in [-0.3, -0.25) is 9.78 Å². The smallest absolute Gasteiger partial charge is 0.263 e. The van der Waals surface area contributed by atoms with Crippen molar-refractivity contribution in [3.8, 4) is 11.8 Å². The number of nitrogens with zero attached hydrogens (tertiary/aromatic N) is 2. The van der Waals surface area contributed by atoms with Crippen LogP contribution in [-0.2, 0) is 4.79 Å². The largest absolute Gasteiger partial charge is 0.455 e. The van der Waals surface area contributed by atoms with Gasteiger partial charge < -0.3 is 9.73 Å². The number of hydrogen-bond acceptors (Lipinski definition) is 6. The summed E-state index contributed by atoms with van der Waals surface area (Å²) in [6, 6.07) is 7.36. The normalized spacial score (nSPS) is 15.3. The third kappa shape index (κ3) is 3.31. The van der Waals surface area contributed by atoms with E-state index in [0.717, 1.165) is 5.39 Å². The lowest BCUT2D eigenvalue weighted by atomic mass is 10.2. The minimum absolute atomic E-state index is 0.219. The maximum absolute atomic E-state index is 11.8. The van der Waals surface area contributed by atoms with Gasteiger partial charge in [0.25, 0.3) is 5.91 Å². The molecule has 3 aromatic rings. The van der Waals surface area contributed by atoms with Gasteiger partial charge in [0.15, 0.2) is 5.58 Å². The van der Waals surface area contributed by atoms with Crippen molar-refractivity contribution in [3.05, 3.63) is 64.8 Å². The molecule has 7 heteroatoms. The van der Waals surface area contributed by atoms with E-state index in [4.69, 9.17) is 16.6 Å². The maximum atomic E-state index is 11.8. The van der Waals surface area contributed by atoms with Crippen molar-refractivity contribution in [2.24, 2.45) is 0 Å². The standard InChI is InChI=1S/C18H9N3O2S2/c22-17-15(25-18(24)21-17)8-14-7-12-10-19-9-11(16(12)23-14)4-5-13-3-1-2-6-20-13/h1-3,6-10H,(H,21,22,24)/b15-8+. The van der Waals surface area contributed by atoms with Gasteiger partial charge in [-0.2, -0.15) is 0 Å². The van der Waals surface area contributed by atoms with Gasteiger partial charge in [0, 0.05) is 30.1 Å². The van der Waals surface area contributed by atoms with E-state index in [1.807, 2.05) is 24.3 Å². The van der Waals surface area contributed by atoms with Crippen molar-refractivity contribution in [1.29, 1.82) is 0 Å². The molecule has 0 unspecified atom stereocenters. The topological polar surface area (TPSA) is 68.0 Å². The molecule has 1 saturated heterocycles. The van der Waals surface area contributed by atoms with Gasteiger partial charge in [0.2, 0.25) is 0 Å². The van der Waals surface area contributed by atoms with Crippen LogP contribution in [0.15, 0.2) is 52.2 Å². The van der Waals surface area contributed by atoms with Crippen LogP contribution in [-0.4, -0.2) is 20.2 Å². The molecule has 1 aliphatic rings. The summed E-state index contributed by atoms with van der Waals surface area (Å²) >= 11 is 6.19. The number of furan rings is 1. The first-order chi connectivity index (χ1) is 12.2. The molecule has 4 heterocycles. The predicted molar refractivity (Wildman–Crippen MR) is 101 cm³/mol. The highest BCUT2D eigenvalue weighted by atomic mass is 32.2. The highest BCUT2D eigenvalue weighted by Gasteiger charge is 2.22. The Morgan fingerprint density at radius 2 is 2.20 bits per heavy atom. The van der Waals surface area contributed by atoms with Crippen molar-refractivity contribution in [3.63, 3.8) is 0 Å². The minimum Gasteiger partial charge on any atom is -0.455 e. The van der Waals surface area contributed by atoms with Crippen molar-refractivity contribution >= 4 is 51.3 Å². The van der Waals surface area contributed by atoms with Crippen LogP contribution in [0.4, 0.5) is 0 Å². The lowest BCUT2D eigenvalue weighted by Gasteiger charge is -1.92. The van der Waals surface area contributed by atoms with Gasteiger partial charge in [-0.25, -0.2) is 4.98 Å². The minimum atomic E-state index is -0.219. The second-order valence-corrected chi connectivity index (χ2v) is 6.79. The Morgan fingerprint density at radius 3 is 2.96 bits per heavy atom. The number of carbonyl (C=O) groups is 1. The number of fused-ring (bicyclic) bond motifs is 1. The summed E-state index contributed by atoms with van der Waals surface area (Å²) in [7, 11) is 0. The fourth-order valence-corrected chi connectivity index (χ4v) is 3.28. The second kappa shape index (κ2) is 6.51. The molecule has 0 spiro atoms. The van der Waals surface area contributed by atoms with Gasteiger partial charge in [-0.05, 0) is 24.1 Å². The van der Waals surface area contributed by atoms with Gasteiger partial charge in [0.1, 0.15) is 15.8 Å². The Labute approximate surface area is 152 Å². The van der Waals surface area contributed by atoms with Crippen LogP contribution in [0.2, 0.25) is 0 Å². The van der Waals surface area contributed by atoms with E-state index in [2.05, 4.69) is 27.1 Å². The van der Waals surface area contributed by atoms with Crippen LogP contribution in [0.5, 0.6) is 0 Å². The first-order valence-electron chi connectivity index (χ1n) is 7.24. The summed E-state index contributed by atoms with van der Waals surface area (Å²) in [6.07, 6.45) is 6.69. The van der Waals surface area contributed by atoms with E-state index in [1.54, 1.807) is 24.7 Å². The zero-order chi connectivity index (χ0) is 17.2. The zero-order valence-electron chi connectivity index (χ0n) is 12.6. The number of thiocarbonyl (C=S) groups is 1. The number of rotatable bonds is 1. The molecular weight excluding hydrogens is 354 g/mol. The monoisotopic (exact) mass is 363 g/mol. The highest BCUT2D eigenvalue weighted by Crippen LogP contribution is 2.29. The van der Waals surface area contributed by atoms with Crippen LogP contribution in [0.25, 0.3) is 17.0 Å². The Balaban J connectivity index is 1.72. The molecule has 0 aliphatic carbocycles. The Morgan fingerprint density at radius 1 is 1.28 bits per heavy atom. The number of pyridine rings is 2. The summed E-state index contributed by atoms with van der Waals surface area (Å²) in [5.74, 6) is 6.35. The molecule has 1 fully saturated rings. The van der Waals surface area contributed by atoms with E-state index in [9.17, 15) is 4.79 Å². The molecule has 5 nitrogen and oxygen atoms in total. The van der Waals surface area contributed by atoms with Gasteiger partial charge in [-0.1, -0.05) is 36.0 Å². The molecule has 0 bridgehead atoms. The quantitative estimate of drug-likeness (QED) is 0.407. The van der Waals surface area contributed by atoms with Gasteiger partial charge in [-0.15, -0.1) is 0 Å². The number of carbonyl (C=O) groups excluding carboxylic acids is 1. The number of aromatic nitrogens is 2. The van der Waals surface area contributed by atoms with Gasteiger partial charge >= 0.3 is 0 Å². The fourth-order valence-electron chi connectivity index (χ4n) is 2.26. The Kier molecular flexibility index (Phi) is 4.06. The summed E-state index contributed by atoms with van der Waals surface area (Å²) in [5, 5.41) is 3.39. The van der Waals surface area contributed by atoms with Crippen molar-refractivity contribution < 1.29 is 9.21 Å². The zero-order valence-corrected chi connectivity index (χ0v) is 14.3. The molecule has 0 saturated carbocycles. The number of amides is 1. The summed E-state index contributed by atoms with van der Waals surface area (Å²) < 4.78 is 6.30. The van der Waals surface area contributed by atoms with Crippen LogP contribution in [0, 0.1) is 11.8 Å². The molecule has 1 N–H and O–H groups in total. The lowest BCUT2D eigenvalue weighted by molar-refractivity contribution is -0.115. The van der Waals surface area contributed by atoms with Crippen molar-refractivity contribution in [2.45, 2.75) is 0 Å². The Bertz CT molecular complexity index is 1090. The summed E-state index contributed by atoms with van der Waals surface area (Å²) in [5.41, 5.74) is 1.95. The Hall–Kier alpha value is -2.95. The molecule has 120 valence electrons. The third-order valence-corrected chi connectivity index (χ3v) is 4.51. The van der Waals surface area contributed by atoms with Gasteiger partial charge in [0.05, 0.1) is 10.5 Å². The molecule has 1 amide bonds. The average Bonchev–Trinajstić information content (AvgIpc) is 3.16. The predicted octanol–water partition coefficient (Wildman–Crippen LogP) is 3.11. The van der Waals surface area contributed by atoms with E-state index >= 15 is 0 Å². The summed E-state index contributed by atoms with van der Waals surface area (Å²) in [4.78, 5) is 20.6. The van der Waals surface area contributed by atoms with E-state index in [1.165, 1.54) is 11.8 Å². The average molecular weight is 363 g/mol. The molecule has 3 aromatic heterocycles. The molecule has 1 aliphatic heterocycles. The summed E-state index contributed by atoms with van der Waals surface area (Å²) in [6.45, 7) is 0. The van der Waals surface area contributed by atoms with Crippen molar-refractivity contribution in [1.82, 2.24) is 15.3 Å².